The van der Waals surface area contributed by atoms with Crippen molar-refractivity contribution >= 4 is 24.2 Å². The molecule has 0 atom stereocenters. The quantitative estimate of drug-likeness (QED) is 0.791. The fraction of sp³-hybridized carbons (Fsp3) is 0.364. The molecule has 5 heteroatoms. The van der Waals surface area contributed by atoms with E-state index in [-0.39, 0.29) is 12.4 Å². The van der Waals surface area contributed by atoms with Crippen LogP contribution in [0.5, 0.6) is 0 Å². The number of carbonyl (C=O) groups excluding carboxylic acids is 1. The summed E-state index contributed by atoms with van der Waals surface area (Å²) in [4.78, 5) is 11.1. The van der Waals surface area contributed by atoms with Gasteiger partial charge in [0, 0.05) is 12.2 Å². The molecule has 1 amide bonds. The third kappa shape index (κ3) is 2.65. The van der Waals surface area contributed by atoms with Crippen molar-refractivity contribution in [2.75, 3.05) is 19.0 Å². The van der Waals surface area contributed by atoms with Crippen molar-refractivity contribution in [2.45, 2.75) is 13.0 Å². The van der Waals surface area contributed by atoms with Crippen LogP contribution in [0.25, 0.3) is 0 Å². The van der Waals surface area contributed by atoms with E-state index in [4.69, 9.17) is 0 Å². The Hall–Kier alpha value is -1.26. The predicted octanol–water partition coefficient (Wildman–Crippen LogP) is 1.93. The number of amides is 1. The van der Waals surface area contributed by atoms with E-state index in [2.05, 4.69) is 21.4 Å². The van der Waals surface area contributed by atoms with Crippen LogP contribution in [-0.4, -0.2) is 19.7 Å². The highest BCUT2D eigenvalue weighted by atomic mass is 35.5. The van der Waals surface area contributed by atoms with E-state index in [1.807, 2.05) is 12.1 Å². The first-order valence-electron chi connectivity index (χ1n) is 4.97. The maximum atomic E-state index is 11.1. The summed E-state index contributed by atoms with van der Waals surface area (Å²) in [7, 11) is 1.37. The molecule has 2 N–H and O–H groups in total. The lowest BCUT2D eigenvalue weighted by atomic mass is 9.99. The van der Waals surface area contributed by atoms with Crippen molar-refractivity contribution in [2.24, 2.45) is 0 Å². The number of rotatable bonds is 1. The fourth-order valence-corrected chi connectivity index (χ4v) is 1.81. The molecule has 0 aromatic heterocycles. The molecule has 0 saturated carbocycles. The first-order valence-corrected chi connectivity index (χ1v) is 4.97. The summed E-state index contributed by atoms with van der Waals surface area (Å²) in [6.07, 6.45) is 0.525. The van der Waals surface area contributed by atoms with Gasteiger partial charge in [0.1, 0.15) is 0 Å². The molecule has 88 valence electrons. The molecule has 4 nitrogen and oxygen atoms in total. The van der Waals surface area contributed by atoms with Crippen LogP contribution in [0.4, 0.5) is 10.5 Å². The van der Waals surface area contributed by atoms with E-state index in [1.54, 1.807) is 0 Å². The highest BCUT2D eigenvalue weighted by Gasteiger charge is 2.13. The number of hydrogen-bond donors (Lipinski definition) is 2. The number of halogens is 1. The monoisotopic (exact) mass is 242 g/mol. The van der Waals surface area contributed by atoms with Gasteiger partial charge in [-0.1, -0.05) is 12.1 Å². The van der Waals surface area contributed by atoms with Crippen LogP contribution in [0.2, 0.25) is 0 Å². The fourth-order valence-electron chi connectivity index (χ4n) is 1.81. The number of benzene rings is 1. The minimum absolute atomic E-state index is 0. The van der Waals surface area contributed by atoms with Gasteiger partial charge in [0.05, 0.1) is 7.11 Å². The number of methoxy groups -OCH3 is 1. The van der Waals surface area contributed by atoms with Crippen LogP contribution in [0.1, 0.15) is 11.1 Å². The summed E-state index contributed by atoms with van der Waals surface area (Å²) < 4.78 is 4.58. The molecule has 0 bridgehead atoms. The van der Waals surface area contributed by atoms with Crippen molar-refractivity contribution in [3.05, 3.63) is 29.3 Å². The predicted molar refractivity (Wildman–Crippen MR) is 65.1 cm³/mol. The van der Waals surface area contributed by atoms with Crippen molar-refractivity contribution in [1.29, 1.82) is 0 Å². The van der Waals surface area contributed by atoms with Crippen molar-refractivity contribution in [3.8, 4) is 0 Å². The molecular weight excluding hydrogens is 228 g/mol. The highest BCUT2D eigenvalue weighted by molar-refractivity contribution is 5.86. The number of nitrogens with one attached hydrogen (secondary N) is 2. The van der Waals surface area contributed by atoms with E-state index >= 15 is 0 Å². The minimum Gasteiger partial charge on any atom is -0.453 e. The molecule has 0 saturated heterocycles. The van der Waals surface area contributed by atoms with Crippen LogP contribution >= 0.6 is 12.4 Å². The topological polar surface area (TPSA) is 50.4 Å². The van der Waals surface area contributed by atoms with E-state index in [1.165, 1.54) is 18.2 Å². The molecule has 0 radical (unpaired) electrons. The SMILES string of the molecule is COC(=O)Nc1cccc2c1CCNC2.Cl. The second kappa shape index (κ2) is 5.72. The largest absolute Gasteiger partial charge is 0.453 e. The molecule has 1 aliphatic rings. The summed E-state index contributed by atoms with van der Waals surface area (Å²) in [5, 5.41) is 6.02. The van der Waals surface area contributed by atoms with E-state index in [9.17, 15) is 4.79 Å². The lowest BCUT2D eigenvalue weighted by Crippen LogP contribution is -2.25. The van der Waals surface area contributed by atoms with Gasteiger partial charge >= 0.3 is 6.09 Å². The van der Waals surface area contributed by atoms with Crippen molar-refractivity contribution in [1.82, 2.24) is 5.32 Å². The van der Waals surface area contributed by atoms with Crippen molar-refractivity contribution in [3.63, 3.8) is 0 Å². The summed E-state index contributed by atoms with van der Waals surface area (Å²) in [6, 6.07) is 5.92. The van der Waals surface area contributed by atoms with Gasteiger partial charge in [-0.15, -0.1) is 12.4 Å². The van der Waals surface area contributed by atoms with Crippen LogP contribution in [0.15, 0.2) is 18.2 Å². The standard InChI is InChI=1S/C11H14N2O2.ClH/c1-15-11(14)13-10-4-2-3-8-7-12-6-5-9(8)10;/h2-4,12H,5-7H2,1H3,(H,13,14);1H. The maximum absolute atomic E-state index is 11.1. The Kier molecular flexibility index (Phi) is 4.58. The molecule has 1 aromatic carbocycles. The first-order chi connectivity index (χ1) is 7.31. The zero-order chi connectivity index (χ0) is 10.7. The van der Waals surface area contributed by atoms with Gasteiger partial charge in [0.15, 0.2) is 0 Å². The molecule has 2 rings (SSSR count). The minimum atomic E-state index is -0.415. The molecule has 0 aliphatic carbocycles. The van der Waals surface area contributed by atoms with E-state index in [0.717, 1.165) is 25.2 Å². The summed E-state index contributed by atoms with van der Waals surface area (Å²) in [6.45, 7) is 1.82. The molecule has 1 aromatic rings. The number of carbonyl (C=O) groups is 1. The molecule has 1 heterocycles. The first kappa shape index (κ1) is 12.8. The number of ether oxygens (including phenoxy) is 1. The second-order valence-corrected chi connectivity index (χ2v) is 3.49. The normalized spacial score (nSPS) is 13.3. The van der Waals surface area contributed by atoms with Gasteiger partial charge in [-0.2, -0.15) is 0 Å². The van der Waals surface area contributed by atoms with Crippen LogP contribution in [0, 0.1) is 0 Å². The summed E-state index contributed by atoms with van der Waals surface area (Å²) >= 11 is 0. The Balaban J connectivity index is 0.00000128. The Bertz CT molecular complexity index is 382. The number of fused-ring (bicyclic) bond motifs is 1. The molecular formula is C11H15ClN2O2. The third-order valence-electron chi connectivity index (χ3n) is 2.56. The molecule has 0 spiro atoms. The molecule has 1 aliphatic heterocycles. The van der Waals surface area contributed by atoms with Gasteiger partial charge in [0.25, 0.3) is 0 Å². The Labute approximate surface area is 101 Å². The summed E-state index contributed by atoms with van der Waals surface area (Å²) in [5.74, 6) is 0. The second-order valence-electron chi connectivity index (χ2n) is 3.49. The maximum Gasteiger partial charge on any atom is 0.411 e. The van der Waals surface area contributed by atoms with Crippen LogP contribution in [-0.2, 0) is 17.7 Å². The summed E-state index contributed by atoms with van der Waals surface area (Å²) in [5.41, 5.74) is 3.32. The number of hydrogen-bond acceptors (Lipinski definition) is 3. The zero-order valence-electron chi connectivity index (χ0n) is 9.08. The number of anilines is 1. The zero-order valence-corrected chi connectivity index (χ0v) is 9.89. The lowest BCUT2D eigenvalue weighted by molar-refractivity contribution is 0.187. The lowest BCUT2D eigenvalue weighted by Gasteiger charge is -2.20. The molecule has 0 fully saturated rings. The van der Waals surface area contributed by atoms with Crippen molar-refractivity contribution < 1.29 is 9.53 Å². The molecule has 0 unspecified atom stereocenters. The van der Waals surface area contributed by atoms with Gasteiger partial charge in [0.2, 0.25) is 0 Å². The average molecular weight is 243 g/mol. The van der Waals surface area contributed by atoms with Gasteiger partial charge < -0.3 is 10.1 Å². The van der Waals surface area contributed by atoms with E-state index < -0.39 is 6.09 Å². The smallest absolute Gasteiger partial charge is 0.411 e. The van der Waals surface area contributed by atoms with Crippen LogP contribution < -0.4 is 10.6 Å². The Morgan fingerprint density at radius 1 is 1.50 bits per heavy atom. The third-order valence-corrected chi connectivity index (χ3v) is 2.56. The average Bonchev–Trinajstić information content (AvgIpc) is 2.29. The van der Waals surface area contributed by atoms with E-state index in [0.29, 0.717) is 0 Å². The molecule has 16 heavy (non-hydrogen) atoms. The van der Waals surface area contributed by atoms with Crippen LogP contribution in [0.3, 0.4) is 0 Å². The Morgan fingerprint density at radius 2 is 2.31 bits per heavy atom. The van der Waals surface area contributed by atoms with Gasteiger partial charge in [-0.3, -0.25) is 5.32 Å². The van der Waals surface area contributed by atoms with Gasteiger partial charge in [-0.05, 0) is 30.2 Å². The highest BCUT2D eigenvalue weighted by Crippen LogP contribution is 2.22. The Morgan fingerprint density at radius 3 is 3.06 bits per heavy atom. The van der Waals surface area contributed by atoms with Gasteiger partial charge in [-0.25, -0.2) is 4.79 Å².